The minimum absolute atomic E-state index is 0.124. The summed E-state index contributed by atoms with van der Waals surface area (Å²) in [4.78, 5) is 23.9. The number of para-hydroxylation sites is 1. The Morgan fingerprint density at radius 2 is 1.77 bits per heavy atom. The molecule has 0 saturated heterocycles. The van der Waals surface area contributed by atoms with Crippen molar-refractivity contribution >= 4 is 42.6 Å². The molecule has 0 aliphatic carbocycles. The van der Waals surface area contributed by atoms with E-state index in [2.05, 4.69) is 9.97 Å². The Morgan fingerprint density at radius 1 is 0.974 bits per heavy atom. The number of hydrogen-bond donors (Lipinski definition) is 0. The number of hydrogen-bond acceptors (Lipinski definition) is 6. The predicted molar refractivity (Wildman–Crippen MR) is 149 cm³/mol. The van der Waals surface area contributed by atoms with Crippen LogP contribution in [-0.4, -0.2) is 35.1 Å². The van der Waals surface area contributed by atoms with Gasteiger partial charge >= 0.3 is 0 Å². The van der Waals surface area contributed by atoms with Crippen LogP contribution in [0.25, 0.3) is 10.2 Å². The van der Waals surface area contributed by atoms with Gasteiger partial charge in [-0.1, -0.05) is 47.7 Å². The normalized spacial score (nSPS) is 13.8. The van der Waals surface area contributed by atoms with Crippen molar-refractivity contribution in [1.82, 2.24) is 14.3 Å². The van der Waals surface area contributed by atoms with E-state index in [0.29, 0.717) is 34.9 Å². The van der Waals surface area contributed by atoms with Crippen molar-refractivity contribution in [2.45, 2.75) is 24.4 Å². The van der Waals surface area contributed by atoms with E-state index in [9.17, 15) is 17.6 Å². The zero-order valence-electron chi connectivity index (χ0n) is 20.7. The molecule has 3 heterocycles. The highest BCUT2D eigenvalue weighted by Crippen LogP contribution is 2.32. The monoisotopic (exact) mass is 558 g/mol. The first kappa shape index (κ1) is 25.3. The van der Waals surface area contributed by atoms with Gasteiger partial charge < -0.3 is 0 Å². The minimum atomic E-state index is -3.74. The molecule has 39 heavy (non-hydrogen) atoms. The average Bonchev–Trinajstić information content (AvgIpc) is 3.41. The Labute approximate surface area is 229 Å². The molecule has 0 bridgehead atoms. The van der Waals surface area contributed by atoms with Crippen LogP contribution in [-0.2, 0) is 29.5 Å². The molecule has 6 rings (SSSR count). The Morgan fingerprint density at radius 3 is 2.51 bits per heavy atom. The first-order valence-corrected chi connectivity index (χ1v) is 14.6. The molecule has 10 heteroatoms. The van der Waals surface area contributed by atoms with E-state index in [1.165, 1.54) is 50.9 Å². The van der Waals surface area contributed by atoms with Crippen LogP contribution in [0.5, 0.6) is 0 Å². The van der Waals surface area contributed by atoms with Crippen LogP contribution in [0, 0.1) is 5.82 Å². The van der Waals surface area contributed by atoms with E-state index in [1.54, 1.807) is 30.6 Å². The van der Waals surface area contributed by atoms with E-state index in [0.717, 1.165) is 16.7 Å². The Hall–Kier alpha value is -3.99. The summed E-state index contributed by atoms with van der Waals surface area (Å²) in [7, 11) is -3.74. The summed E-state index contributed by atoms with van der Waals surface area (Å²) in [5, 5.41) is 0.340. The van der Waals surface area contributed by atoms with Gasteiger partial charge in [-0.25, -0.2) is 17.8 Å². The van der Waals surface area contributed by atoms with Crippen LogP contribution in [0.2, 0.25) is 0 Å². The second-order valence-electron chi connectivity index (χ2n) is 9.22. The third kappa shape index (κ3) is 4.94. The highest BCUT2D eigenvalue weighted by Gasteiger charge is 2.29. The highest BCUT2D eigenvalue weighted by atomic mass is 32.2. The molecule has 0 fully saturated rings. The van der Waals surface area contributed by atoms with Gasteiger partial charge in [-0.15, -0.1) is 0 Å². The number of pyridine rings is 1. The smallest absolute Gasteiger partial charge is 0.260 e. The van der Waals surface area contributed by atoms with Crippen LogP contribution in [0.3, 0.4) is 0 Å². The van der Waals surface area contributed by atoms with Crippen LogP contribution in [0.1, 0.15) is 27.0 Å². The van der Waals surface area contributed by atoms with Crippen LogP contribution < -0.4 is 4.90 Å². The first-order valence-electron chi connectivity index (χ1n) is 12.3. The number of fused-ring (bicyclic) bond motifs is 2. The largest absolute Gasteiger partial charge is 0.279 e. The van der Waals surface area contributed by atoms with Crippen molar-refractivity contribution in [3.63, 3.8) is 0 Å². The number of nitrogens with zero attached hydrogens (tertiary/aromatic N) is 4. The Bertz CT molecular complexity index is 1770. The van der Waals surface area contributed by atoms with E-state index in [-0.39, 0.29) is 22.9 Å². The molecule has 0 unspecified atom stereocenters. The molecule has 0 spiro atoms. The van der Waals surface area contributed by atoms with Gasteiger partial charge in [-0.2, -0.15) is 4.31 Å². The maximum absolute atomic E-state index is 14.4. The third-order valence-electron chi connectivity index (χ3n) is 6.73. The number of rotatable bonds is 6. The lowest BCUT2D eigenvalue weighted by Gasteiger charge is -2.28. The molecule has 0 N–H and O–H groups in total. The molecular weight excluding hydrogens is 535 g/mol. The Balaban J connectivity index is 1.30. The van der Waals surface area contributed by atoms with Gasteiger partial charge in [0.2, 0.25) is 10.0 Å². The van der Waals surface area contributed by atoms with Crippen molar-refractivity contribution in [2.75, 3.05) is 11.4 Å². The topological polar surface area (TPSA) is 83.5 Å². The number of carbonyl (C=O) groups is 1. The van der Waals surface area contributed by atoms with Crippen molar-refractivity contribution < 1.29 is 17.6 Å². The number of thiazole rings is 1. The summed E-state index contributed by atoms with van der Waals surface area (Å²) in [6.45, 7) is 0.876. The van der Waals surface area contributed by atoms with Crippen molar-refractivity contribution in [3.05, 3.63) is 119 Å². The number of aromatic nitrogens is 2. The predicted octanol–water partition coefficient (Wildman–Crippen LogP) is 5.42. The molecule has 5 aromatic rings. The summed E-state index contributed by atoms with van der Waals surface area (Å²) in [6.07, 6.45) is 3.95. The summed E-state index contributed by atoms with van der Waals surface area (Å²) in [6, 6.07) is 22.1. The van der Waals surface area contributed by atoms with Gasteiger partial charge in [-0.05, 0) is 65.6 Å². The number of carbonyl (C=O) groups excluding carboxylic acids is 1. The zero-order chi connectivity index (χ0) is 27.0. The van der Waals surface area contributed by atoms with Gasteiger partial charge in [0.25, 0.3) is 5.91 Å². The number of sulfonamides is 1. The van der Waals surface area contributed by atoms with Crippen LogP contribution in [0.15, 0.2) is 96.2 Å². The van der Waals surface area contributed by atoms with Gasteiger partial charge in [0.1, 0.15) is 11.3 Å². The molecule has 1 aliphatic heterocycles. The standard InChI is InChI=1S/C29H23FN4O3S2/c30-25-8-3-9-26-27(25)32-29(38-26)34(18-20-5-4-15-31-17-20)28(35)22-10-12-24(13-11-22)39(36,37)33-16-14-21-6-1-2-7-23(21)19-33/h1-13,15,17H,14,16,18-19H2. The molecular formula is C29H23FN4O3S2. The van der Waals surface area contributed by atoms with Gasteiger partial charge in [0.05, 0.1) is 16.1 Å². The van der Waals surface area contributed by atoms with Crippen LogP contribution >= 0.6 is 11.3 Å². The second-order valence-corrected chi connectivity index (χ2v) is 12.2. The molecule has 7 nitrogen and oxygen atoms in total. The third-order valence-corrected chi connectivity index (χ3v) is 9.64. The van der Waals surface area contributed by atoms with E-state index in [4.69, 9.17) is 0 Å². The number of halogens is 1. The van der Waals surface area contributed by atoms with Crippen molar-refractivity contribution in [2.24, 2.45) is 0 Å². The molecule has 1 aliphatic rings. The molecule has 0 radical (unpaired) electrons. The fourth-order valence-corrected chi connectivity index (χ4v) is 7.07. The molecule has 2 aromatic heterocycles. The molecule has 196 valence electrons. The molecule has 1 amide bonds. The Kier molecular flexibility index (Phi) is 6.68. The summed E-state index contributed by atoms with van der Waals surface area (Å²) < 4.78 is 43.2. The lowest BCUT2D eigenvalue weighted by Crippen LogP contribution is -2.36. The summed E-state index contributed by atoms with van der Waals surface area (Å²) >= 11 is 1.21. The van der Waals surface area contributed by atoms with Gasteiger partial charge in [0, 0.05) is 31.0 Å². The van der Waals surface area contributed by atoms with Crippen LogP contribution in [0.4, 0.5) is 9.52 Å². The average molecular weight is 559 g/mol. The lowest BCUT2D eigenvalue weighted by molar-refractivity contribution is 0.0985. The fourth-order valence-electron chi connectivity index (χ4n) is 4.67. The van der Waals surface area contributed by atoms with Gasteiger partial charge in [-0.3, -0.25) is 14.7 Å². The van der Waals surface area contributed by atoms with E-state index >= 15 is 0 Å². The zero-order valence-corrected chi connectivity index (χ0v) is 22.3. The van der Waals surface area contributed by atoms with Crippen molar-refractivity contribution in [1.29, 1.82) is 0 Å². The number of benzene rings is 3. The van der Waals surface area contributed by atoms with E-state index < -0.39 is 15.8 Å². The molecule has 0 atom stereocenters. The second kappa shape index (κ2) is 10.3. The summed E-state index contributed by atoms with van der Waals surface area (Å²) in [5.41, 5.74) is 3.42. The fraction of sp³-hybridized carbons (Fsp3) is 0.138. The molecule has 0 saturated carbocycles. The number of anilines is 1. The highest BCUT2D eigenvalue weighted by molar-refractivity contribution is 7.89. The quantitative estimate of drug-likeness (QED) is 0.278. The minimum Gasteiger partial charge on any atom is -0.279 e. The molecule has 3 aromatic carbocycles. The lowest BCUT2D eigenvalue weighted by atomic mass is 10.0. The summed E-state index contributed by atoms with van der Waals surface area (Å²) in [5.74, 6) is -0.840. The first-order chi connectivity index (χ1) is 18.9. The van der Waals surface area contributed by atoms with Crippen molar-refractivity contribution in [3.8, 4) is 0 Å². The SMILES string of the molecule is O=C(c1ccc(S(=O)(=O)N2CCc3ccccc3C2)cc1)N(Cc1cccnc1)c1nc2c(F)cccc2s1. The maximum Gasteiger partial charge on any atom is 0.260 e. The van der Waals surface area contributed by atoms with E-state index in [1.807, 2.05) is 30.3 Å². The van der Waals surface area contributed by atoms with Gasteiger partial charge in [0.15, 0.2) is 5.13 Å². The maximum atomic E-state index is 14.4. The number of amides is 1.